The highest BCUT2D eigenvalue weighted by Gasteiger charge is 2.32. The molecular weight excluding hydrogens is 336 g/mol. The fraction of sp³-hybridized carbons (Fsp3) is 0.579. The molecule has 0 radical (unpaired) electrons. The first-order chi connectivity index (χ1) is 11.2. The third-order valence-electron chi connectivity index (χ3n) is 4.97. The number of fused-ring (bicyclic) bond motifs is 3. The largest absolute Gasteiger partial charge is 0.283 e. The van der Waals surface area contributed by atoms with Gasteiger partial charge >= 0.3 is 0 Å². The van der Waals surface area contributed by atoms with E-state index in [1.165, 1.54) is 22.2 Å². The van der Waals surface area contributed by atoms with Crippen LogP contribution in [0.4, 0.5) is 0 Å². The van der Waals surface area contributed by atoms with E-state index in [2.05, 4.69) is 27.4 Å². The summed E-state index contributed by atoms with van der Waals surface area (Å²) in [6, 6.07) is 0. The van der Waals surface area contributed by atoms with Gasteiger partial charge in [-0.05, 0) is 49.3 Å². The van der Waals surface area contributed by atoms with Crippen LogP contribution in [0.5, 0.6) is 0 Å². The van der Waals surface area contributed by atoms with Crippen LogP contribution in [-0.2, 0) is 19.4 Å². The van der Waals surface area contributed by atoms with Gasteiger partial charge < -0.3 is 0 Å². The SMILES string of the molecule is C=C(C)Cn1c(SC)nc2sc3c(c2c1=O)CC[C@H](C(C)(C)C)C3. The Morgan fingerprint density at radius 1 is 1.46 bits per heavy atom. The minimum Gasteiger partial charge on any atom is -0.283 e. The van der Waals surface area contributed by atoms with Crippen molar-refractivity contribution in [3.8, 4) is 0 Å². The van der Waals surface area contributed by atoms with Crippen molar-refractivity contribution in [2.75, 3.05) is 6.26 Å². The summed E-state index contributed by atoms with van der Waals surface area (Å²) in [5.74, 6) is 0.677. The first kappa shape index (κ1) is 17.7. The van der Waals surface area contributed by atoms with E-state index >= 15 is 0 Å². The van der Waals surface area contributed by atoms with E-state index < -0.39 is 0 Å². The van der Waals surface area contributed by atoms with Crippen LogP contribution in [0.2, 0.25) is 0 Å². The molecule has 2 aromatic heterocycles. The standard InChI is InChI=1S/C19H26N2OS2/c1-11(2)10-21-17(22)15-13-8-7-12(19(3,4)5)9-14(13)24-16(15)20-18(21)23-6/h12H,1,7-10H2,2-6H3/t12-/m0/s1. The normalized spacial score (nSPS) is 18.0. The van der Waals surface area contributed by atoms with Crippen molar-refractivity contribution in [2.24, 2.45) is 11.3 Å². The number of nitrogens with zero attached hydrogens (tertiary/aromatic N) is 2. The Hall–Kier alpha value is -1.07. The number of hydrogen-bond acceptors (Lipinski definition) is 4. The lowest BCUT2D eigenvalue weighted by molar-refractivity contribution is 0.218. The summed E-state index contributed by atoms with van der Waals surface area (Å²) in [7, 11) is 0. The van der Waals surface area contributed by atoms with Gasteiger partial charge in [0.05, 0.1) is 5.39 Å². The van der Waals surface area contributed by atoms with Crippen molar-refractivity contribution >= 4 is 33.3 Å². The number of thiophene rings is 1. The Kier molecular flexibility index (Phi) is 4.69. The molecular formula is C19H26N2OS2. The highest BCUT2D eigenvalue weighted by molar-refractivity contribution is 7.98. The summed E-state index contributed by atoms with van der Waals surface area (Å²) in [6.07, 6.45) is 5.21. The zero-order valence-electron chi connectivity index (χ0n) is 15.2. The van der Waals surface area contributed by atoms with Crippen LogP contribution in [0.1, 0.15) is 44.6 Å². The predicted molar refractivity (Wildman–Crippen MR) is 105 cm³/mol. The van der Waals surface area contributed by atoms with Gasteiger partial charge in [-0.15, -0.1) is 11.3 Å². The van der Waals surface area contributed by atoms with Crippen molar-refractivity contribution in [3.05, 3.63) is 32.9 Å². The summed E-state index contributed by atoms with van der Waals surface area (Å²) in [5, 5.41) is 1.66. The van der Waals surface area contributed by atoms with E-state index in [0.717, 1.165) is 40.2 Å². The Labute approximate surface area is 152 Å². The molecule has 1 aliphatic rings. The fourth-order valence-electron chi connectivity index (χ4n) is 3.54. The quantitative estimate of drug-likeness (QED) is 0.442. The average Bonchev–Trinajstić information content (AvgIpc) is 2.86. The maximum Gasteiger partial charge on any atom is 0.263 e. The lowest BCUT2D eigenvalue weighted by Crippen LogP contribution is -2.27. The van der Waals surface area contributed by atoms with Crippen LogP contribution in [0.15, 0.2) is 22.1 Å². The second kappa shape index (κ2) is 6.34. The molecule has 2 heterocycles. The van der Waals surface area contributed by atoms with Crippen LogP contribution < -0.4 is 5.56 Å². The first-order valence-electron chi connectivity index (χ1n) is 8.45. The molecule has 1 aliphatic carbocycles. The number of thioether (sulfide) groups is 1. The molecule has 5 heteroatoms. The van der Waals surface area contributed by atoms with Gasteiger partial charge in [0.1, 0.15) is 4.83 Å². The number of aromatic nitrogens is 2. The molecule has 3 nitrogen and oxygen atoms in total. The zero-order chi connectivity index (χ0) is 17.6. The first-order valence-corrected chi connectivity index (χ1v) is 10.5. The predicted octanol–water partition coefficient (Wildman–Crippen LogP) is 4.91. The Morgan fingerprint density at radius 3 is 2.75 bits per heavy atom. The van der Waals surface area contributed by atoms with Crippen LogP contribution in [0.25, 0.3) is 10.2 Å². The van der Waals surface area contributed by atoms with E-state index in [9.17, 15) is 4.79 Å². The Balaban J connectivity index is 2.16. The molecule has 2 aromatic rings. The molecule has 0 saturated heterocycles. The molecule has 0 aromatic carbocycles. The molecule has 0 spiro atoms. The van der Waals surface area contributed by atoms with Gasteiger partial charge in [-0.25, -0.2) is 4.98 Å². The molecule has 0 N–H and O–H groups in total. The van der Waals surface area contributed by atoms with Gasteiger partial charge in [0, 0.05) is 11.4 Å². The zero-order valence-corrected chi connectivity index (χ0v) is 16.9. The molecule has 0 amide bonds. The van der Waals surface area contributed by atoms with E-state index in [0.29, 0.717) is 17.9 Å². The smallest absolute Gasteiger partial charge is 0.263 e. The number of allylic oxidation sites excluding steroid dienone is 1. The van der Waals surface area contributed by atoms with Crippen molar-refractivity contribution in [3.63, 3.8) is 0 Å². The second-order valence-electron chi connectivity index (χ2n) is 7.94. The Morgan fingerprint density at radius 2 is 2.17 bits per heavy atom. The van der Waals surface area contributed by atoms with Crippen molar-refractivity contribution in [1.29, 1.82) is 0 Å². The molecule has 0 unspecified atom stereocenters. The number of aryl methyl sites for hydroxylation is 1. The third kappa shape index (κ3) is 3.08. The topological polar surface area (TPSA) is 34.9 Å². The molecule has 0 fully saturated rings. The number of hydrogen-bond donors (Lipinski definition) is 0. The fourth-order valence-corrected chi connectivity index (χ4v) is 5.44. The third-order valence-corrected chi connectivity index (χ3v) is 6.79. The van der Waals surface area contributed by atoms with Crippen molar-refractivity contribution < 1.29 is 0 Å². The highest BCUT2D eigenvalue weighted by atomic mass is 32.2. The van der Waals surface area contributed by atoms with Crippen LogP contribution >= 0.6 is 23.1 Å². The van der Waals surface area contributed by atoms with Crippen LogP contribution in [-0.4, -0.2) is 15.8 Å². The monoisotopic (exact) mass is 362 g/mol. The Bertz CT molecular complexity index is 855. The highest BCUT2D eigenvalue weighted by Crippen LogP contribution is 2.42. The molecule has 24 heavy (non-hydrogen) atoms. The molecule has 3 rings (SSSR count). The molecule has 0 saturated carbocycles. The lowest BCUT2D eigenvalue weighted by Gasteiger charge is -2.33. The minimum absolute atomic E-state index is 0.110. The summed E-state index contributed by atoms with van der Waals surface area (Å²) in [5.41, 5.74) is 2.66. The number of rotatable bonds is 3. The summed E-state index contributed by atoms with van der Waals surface area (Å²) < 4.78 is 1.79. The van der Waals surface area contributed by atoms with Crippen molar-refractivity contribution in [2.45, 2.75) is 58.7 Å². The molecule has 0 bridgehead atoms. The van der Waals surface area contributed by atoms with Crippen LogP contribution in [0, 0.1) is 11.3 Å². The molecule has 130 valence electrons. The summed E-state index contributed by atoms with van der Waals surface area (Å²) >= 11 is 3.27. The van der Waals surface area contributed by atoms with E-state index in [4.69, 9.17) is 4.98 Å². The van der Waals surface area contributed by atoms with Gasteiger partial charge in [0.15, 0.2) is 5.16 Å². The molecule has 1 atom stereocenters. The van der Waals surface area contributed by atoms with Gasteiger partial charge in [-0.1, -0.05) is 44.7 Å². The molecule has 0 aliphatic heterocycles. The maximum absolute atomic E-state index is 13.1. The van der Waals surface area contributed by atoms with Crippen LogP contribution in [0.3, 0.4) is 0 Å². The van der Waals surface area contributed by atoms with Gasteiger partial charge in [-0.2, -0.15) is 0 Å². The summed E-state index contributed by atoms with van der Waals surface area (Å²) in [4.78, 5) is 20.2. The maximum atomic E-state index is 13.1. The van der Waals surface area contributed by atoms with Gasteiger partial charge in [-0.3, -0.25) is 9.36 Å². The van der Waals surface area contributed by atoms with E-state index in [1.807, 2.05) is 13.2 Å². The minimum atomic E-state index is 0.110. The summed E-state index contributed by atoms with van der Waals surface area (Å²) in [6.45, 7) is 13.4. The average molecular weight is 363 g/mol. The lowest BCUT2D eigenvalue weighted by atomic mass is 9.72. The van der Waals surface area contributed by atoms with Gasteiger partial charge in [0.2, 0.25) is 0 Å². The van der Waals surface area contributed by atoms with E-state index in [1.54, 1.807) is 15.9 Å². The van der Waals surface area contributed by atoms with Gasteiger partial charge in [0.25, 0.3) is 5.56 Å². The van der Waals surface area contributed by atoms with Crippen molar-refractivity contribution in [1.82, 2.24) is 9.55 Å². The second-order valence-corrected chi connectivity index (χ2v) is 9.79. The van der Waals surface area contributed by atoms with E-state index in [-0.39, 0.29) is 5.56 Å².